The number of phenolic OH excluding ortho intramolecular Hbond substituents is 1. The number of nitrogens with one attached hydrogen (secondary N) is 1. The Morgan fingerprint density at radius 3 is 2.71 bits per heavy atom. The third kappa shape index (κ3) is 10.6. The van der Waals surface area contributed by atoms with Crippen molar-refractivity contribution in [1.82, 2.24) is 0 Å². The average Bonchev–Trinajstić information content (AvgIpc) is 3.27. The van der Waals surface area contributed by atoms with E-state index in [1.165, 1.54) is 5.56 Å². The van der Waals surface area contributed by atoms with Crippen LogP contribution in [0.4, 0.5) is 5.69 Å². The summed E-state index contributed by atoms with van der Waals surface area (Å²) in [5.41, 5.74) is 13.6. The Morgan fingerprint density at radius 1 is 1.02 bits per heavy atom. The summed E-state index contributed by atoms with van der Waals surface area (Å²) >= 11 is 0. The summed E-state index contributed by atoms with van der Waals surface area (Å²) in [5.74, 6) is 5.32. The summed E-state index contributed by atoms with van der Waals surface area (Å²) in [6.45, 7) is 2.48. The predicted molar refractivity (Wildman–Crippen MR) is 247 cm³/mol. The second kappa shape index (κ2) is 20.6. The van der Waals surface area contributed by atoms with E-state index in [1.54, 1.807) is 14.2 Å². The minimum atomic E-state index is -0.538. The molecule has 0 saturated carbocycles. The van der Waals surface area contributed by atoms with Gasteiger partial charge in [-0.15, -0.1) is 0 Å². The zero-order valence-corrected chi connectivity index (χ0v) is 36.1. The lowest BCUT2D eigenvalue weighted by Crippen LogP contribution is -2.25. The van der Waals surface area contributed by atoms with Crippen LogP contribution in [0.2, 0.25) is 0 Å². The van der Waals surface area contributed by atoms with Crippen molar-refractivity contribution in [2.45, 2.75) is 96.2 Å². The van der Waals surface area contributed by atoms with Gasteiger partial charge < -0.3 is 40.6 Å². The molecule has 10 nitrogen and oxygen atoms in total. The quantitative estimate of drug-likeness (QED) is 0.0406. The molecule has 8 rings (SSSR count). The van der Waals surface area contributed by atoms with Gasteiger partial charge in [-0.3, -0.25) is 9.79 Å². The molecule has 62 heavy (non-hydrogen) atoms. The Bertz CT molecular complexity index is 2460. The number of hydrogen-bond acceptors (Lipinski definition) is 8. The summed E-state index contributed by atoms with van der Waals surface area (Å²) < 4.78 is 18.4. The summed E-state index contributed by atoms with van der Waals surface area (Å²) in [6.07, 6.45) is 17.3. The van der Waals surface area contributed by atoms with Gasteiger partial charge in [0.1, 0.15) is 36.1 Å². The Balaban J connectivity index is 1.15. The molecule has 0 fully saturated rings. The number of unbranched alkanes of at least 4 members (excludes halogenated alkanes) is 1. The zero-order valence-electron chi connectivity index (χ0n) is 36.1. The lowest BCUT2D eigenvalue weighted by molar-refractivity contribution is -0.121. The number of anilines is 1. The first-order chi connectivity index (χ1) is 30.1. The van der Waals surface area contributed by atoms with Crippen LogP contribution in [0.1, 0.15) is 97.6 Å². The number of carbonyl (C=O) groups is 1. The smallest absolute Gasteiger partial charge is 0.192 e. The molecule has 2 aliphatic heterocycles. The molecule has 0 unspecified atom stereocenters. The van der Waals surface area contributed by atoms with Gasteiger partial charge in [0.2, 0.25) is 0 Å². The molecule has 2 heterocycles. The molecule has 10 heteroatoms. The number of fused-ring (bicyclic) bond motifs is 9. The van der Waals surface area contributed by atoms with E-state index < -0.39 is 6.10 Å². The monoisotopic (exact) mass is 837 g/mol. The fourth-order valence-electron chi connectivity index (χ4n) is 9.03. The first kappa shape index (κ1) is 43.9. The number of allylic oxidation sites excluding steroid dienone is 4. The number of guanidine groups is 1. The number of nitrogens with two attached hydrogens (primary N) is 1. The standard InChI is InChI=1S/C52H59N3O7/c1-33-15-20-43-38-18-21-45-44(48(59)31-46(33)51(43)45)14-8-24-61-42(30-41(57)19-16-35-17-22-49(60-3)50(26-35)62-32-38)28-39-29-47(58)37(12-7-23-56)27-36(39)11-5-4-9-34-10-6-13-40(25-34)55-52(53)54-2/h6,10,13,15,17-18,20-22,25-27,29,31,33,36,39,42,56,58-59H,4-5,7,9,11-12,14,16,19,23,28,30,32H2,1-3H3,(H3,53,54,55)/t33-,36+,39+,42+/m1/s1. The number of phenols is 1. The van der Waals surface area contributed by atoms with Crippen LogP contribution in [-0.2, 0) is 35.4 Å². The highest BCUT2D eigenvalue weighted by molar-refractivity contribution is 6.00. The van der Waals surface area contributed by atoms with E-state index in [1.807, 2.05) is 48.5 Å². The molecule has 6 N–H and O–H groups in total. The first-order valence-electron chi connectivity index (χ1n) is 21.9. The number of ketones is 1. The maximum absolute atomic E-state index is 13.8. The summed E-state index contributed by atoms with van der Waals surface area (Å²) in [4.78, 5) is 17.8. The molecule has 4 aromatic rings. The van der Waals surface area contributed by atoms with Crippen LogP contribution < -0.4 is 20.5 Å². The number of Topliss-reactive ketones (excluding diaryl/α,β-unsaturated/α-hetero) is 1. The first-order valence-corrected chi connectivity index (χ1v) is 21.9. The Hall–Kier alpha value is -6.18. The SMILES string of the molecule is CN=C(N)Nc1cccc(CCCC[C@H]2C=C(CCCO)C(O)=C[C@@H]2C[C@H]2CC(=O)CCc3ccc(OC)c(c3)OCc3ccc4c(c(O)cc5c4c3C=C[C@H]5C)CC#CO2)c1. The molecule has 0 spiro atoms. The molecule has 0 saturated heterocycles. The number of methoxy groups -OCH3 is 1. The maximum atomic E-state index is 13.8. The number of aliphatic hydroxyl groups excluding tert-OH is 2. The van der Waals surface area contributed by atoms with Gasteiger partial charge >= 0.3 is 0 Å². The molecule has 6 bridgehead atoms. The highest BCUT2D eigenvalue weighted by Crippen LogP contribution is 2.42. The van der Waals surface area contributed by atoms with Crippen molar-refractivity contribution in [2.75, 3.05) is 26.1 Å². The fourth-order valence-corrected chi connectivity index (χ4v) is 9.03. The van der Waals surface area contributed by atoms with Crippen molar-refractivity contribution >= 4 is 34.3 Å². The van der Waals surface area contributed by atoms with Crippen molar-refractivity contribution in [2.24, 2.45) is 22.6 Å². The average molecular weight is 838 g/mol. The molecular formula is C52H59N3O7. The fraction of sp³-hybridized carbons (Fsp3) is 0.385. The van der Waals surface area contributed by atoms with Crippen molar-refractivity contribution in [3.63, 3.8) is 0 Å². The number of hydrogen-bond donors (Lipinski definition) is 5. The molecule has 4 aliphatic rings. The molecular weight excluding hydrogens is 779 g/mol. The van der Waals surface area contributed by atoms with Gasteiger partial charge in [0.05, 0.1) is 7.11 Å². The zero-order chi connectivity index (χ0) is 43.6. The second-order valence-electron chi connectivity index (χ2n) is 16.7. The lowest BCUT2D eigenvalue weighted by Gasteiger charge is -2.30. The van der Waals surface area contributed by atoms with E-state index in [2.05, 4.69) is 65.7 Å². The molecule has 0 aromatic heterocycles. The number of aryl methyl sites for hydroxylation is 2. The van der Waals surface area contributed by atoms with E-state index in [0.29, 0.717) is 56.2 Å². The van der Waals surface area contributed by atoms with Crippen molar-refractivity contribution < 1.29 is 34.3 Å². The van der Waals surface area contributed by atoms with Crippen LogP contribution in [0.15, 0.2) is 95.2 Å². The molecule has 4 atom stereocenters. The van der Waals surface area contributed by atoms with Gasteiger partial charge in [-0.05, 0) is 137 Å². The molecule has 0 radical (unpaired) electrons. The van der Waals surface area contributed by atoms with E-state index in [0.717, 1.165) is 75.5 Å². The number of aliphatic hydroxyl groups is 2. The number of ether oxygens (including phenoxy) is 3. The Kier molecular flexibility index (Phi) is 14.6. The van der Waals surface area contributed by atoms with E-state index in [4.69, 9.17) is 19.9 Å². The van der Waals surface area contributed by atoms with Crippen molar-refractivity contribution in [3.05, 3.63) is 124 Å². The van der Waals surface area contributed by atoms with Crippen molar-refractivity contribution in [1.29, 1.82) is 0 Å². The molecule has 2 aliphatic carbocycles. The number of benzene rings is 4. The maximum Gasteiger partial charge on any atom is 0.192 e. The number of rotatable bonds is 12. The van der Waals surface area contributed by atoms with E-state index in [-0.39, 0.29) is 54.5 Å². The third-order valence-corrected chi connectivity index (χ3v) is 12.4. The largest absolute Gasteiger partial charge is 0.508 e. The van der Waals surface area contributed by atoms with Crippen LogP contribution in [-0.4, -0.2) is 53.9 Å². The molecule has 4 aromatic carbocycles. The highest BCUT2D eigenvalue weighted by atomic mass is 16.5. The predicted octanol–water partition coefficient (Wildman–Crippen LogP) is 9.60. The van der Waals surface area contributed by atoms with Gasteiger partial charge in [-0.1, -0.05) is 67.8 Å². The molecule has 0 amide bonds. The lowest BCUT2D eigenvalue weighted by atomic mass is 9.77. The van der Waals surface area contributed by atoms with Crippen LogP contribution in [0, 0.1) is 23.9 Å². The minimum Gasteiger partial charge on any atom is -0.508 e. The van der Waals surface area contributed by atoms with Crippen LogP contribution >= 0.6 is 0 Å². The molecule has 324 valence electrons. The Morgan fingerprint density at radius 2 is 1.89 bits per heavy atom. The second-order valence-corrected chi connectivity index (χ2v) is 16.7. The van der Waals surface area contributed by atoms with Crippen LogP contribution in [0.3, 0.4) is 0 Å². The van der Waals surface area contributed by atoms with Gasteiger partial charge in [-0.25, -0.2) is 0 Å². The summed E-state index contributed by atoms with van der Waals surface area (Å²) in [5, 5.41) is 37.3. The van der Waals surface area contributed by atoms with Gasteiger partial charge in [0, 0.05) is 50.1 Å². The van der Waals surface area contributed by atoms with Gasteiger partial charge in [0.15, 0.2) is 17.5 Å². The number of nitrogens with zero attached hydrogens (tertiary/aromatic N) is 1. The van der Waals surface area contributed by atoms with Crippen LogP contribution in [0.5, 0.6) is 17.2 Å². The summed E-state index contributed by atoms with van der Waals surface area (Å²) in [7, 11) is 3.27. The normalized spacial score (nSPS) is 20.2. The topological polar surface area (TPSA) is 156 Å². The van der Waals surface area contributed by atoms with Crippen molar-refractivity contribution in [3.8, 4) is 29.3 Å². The summed E-state index contributed by atoms with van der Waals surface area (Å²) in [6, 6.07) is 19.9. The van der Waals surface area contributed by atoms with Gasteiger partial charge in [-0.2, -0.15) is 0 Å². The van der Waals surface area contributed by atoms with E-state index in [9.17, 15) is 20.1 Å². The van der Waals surface area contributed by atoms with E-state index >= 15 is 0 Å². The third-order valence-electron chi connectivity index (χ3n) is 12.4. The number of carbonyl (C=O) groups excluding carboxylic acids is 1. The minimum absolute atomic E-state index is 0.0417. The number of aliphatic imine (C=N–C) groups is 1. The van der Waals surface area contributed by atoms with Crippen LogP contribution in [0.25, 0.3) is 16.8 Å². The number of aromatic hydroxyl groups is 1. The van der Waals surface area contributed by atoms with Gasteiger partial charge in [0.25, 0.3) is 0 Å². The highest BCUT2D eigenvalue weighted by Gasteiger charge is 2.29. The Labute approximate surface area is 365 Å².